The third-order valence-electron chi connectivity index (χ3n) is 2.83. The summed E-state index contributed by atoms with van der Waals surface area (Å²) < 4.78 is 0. The number of hydrogen-bond donors (Lipinski definition) is 2. The van der Waals surface area contributed by atoms with Crippen molar-refractivity contribution >= 4 is 17.6 Å². The highest BCUT2D eigenvalue weighted by Gasteiger charge is 2.09. The molecule has 0 aliphatic carbocycles. The van der Waals surface area contributed by atoms with Crippen molar-refractivity contribution in [3.05, 3.63) is 59.3 Å². The lowest BCUT2D eigenvalue weighted by molar-refractivity contribution is -0.115. The molecule has 2 rings (SSSR count). The van der Waals surface area contributed by atoms with E-state index in [1.54, 1.807) is 36.5 Å². The zero-order valence-electron chi connectivity index (χ0n) is 12.0. The van der Waals surface area contributed by atoms with Crippen molar-refractivity contribution in [3.63, 3.8) is 0 Å². The van der Waals surface area contributed by atoms with E-state index in [-0.39, 0.29) is 18.4 Å². The van der Waals surface area contributed by atoms with E-state index in [0.29, 0.717) is 11.4 Å². The summed E-state index contributed by atoms with van der Waals surface area (Å²) in [5.74, 6) is -0.118. The summed E-state index contributed by atoms with van der Waals surface area (Å²) in [7, 11) is 0. The van der Waals surface area contributed by atoms with Crippen LogP contribution >= 0.6 is 0 Å². The Kier molecular flexibility index (Phi) is 4.66. The van der Waals surface area contributed by atoms with Gasteiger partial charge in [0, 0.05) is 11.8 Å². The van der Waals surface area contributed by atoms with Crippen LogP contribution in [0.5, 0.6) is 0 Å². The highest BCUT2D eigenvalue weighted by molar-refractivity contribution is 5.99. The van der Waals surface area contributed by atoms with Crippen LogP contribution in [0.3, 0.4) is 0 Å². The highest BCUT2D eigenvalue weighted by atomic mass is 16.2. The SMILES string of the molecule is Cc1cc(C)cc(C(=O)NCC(=O)Nc2ccccn2)c1. The molecule has 108 valence electrons. The Labute approximate surface area is 123 Å². The van der Waals surface area contributed by atoms with Gasteiger partial charge in [-0.1, -0.05) is 23.3 Å². The number of rotatable bonds is 4. The van der Waals surface area contributed by atoms with E-state index in [4.69, 9.17) is 0 Å². The number of aromatic nitrogens is 1. The molecule has 2 amide bonds. The molecule has 5 heteroatoms. The number of carbonyl (C=O) groups excluding carboxylic acids is 2. The van der Waals surface area contributed by atoms with Gasteiger partial charge in [-0.3, -0.25) is 9.59 Å². The van der Waals surface area contributed by atoms with Crippen LogP contribution in [0.25, 0.3) is 0 Å². The van der Waals surface area contributed by atoms with Gasteiger partial charge in [-0.2, -0.15) is 0 Å². The molecule has 1 aromatic heterocycles. The van der Waals surface area contributed by atoms with Gasteiger partial charge in [0.15, 0.2) is 0 Å². The zero-order chi connectivity index (χ0) is 15.2. The molecular weight excluding hydrogens is 266 g/mol. The molecule has 0 atom stereocenters. The average Bonchev–Trinajstić information content (AvgIpc) is 2.45. The molecule has 0 saturated heterocycles. The number of benzene rings is 1. The Morgan fingerprint density at radius 1 is 1.10 bits per heavy atom. The minimum absolute atomic E-state index is 0.0948. The number of hydrogen-bond acceptors (Lipinski definition) is 3. The molecule has 2 N–H and O–H groups in total. The smallest absolute Gasteiger partial charge is 0.251 e. The predicted molar refractivity (Wildman–Crippen MR) is 81.1 cm³/mol. The summed E-state index contributed by atoms with van der Waals surface area (Å²) in [6.07, 6.45) is 1.59. The lowest BCUT2D eigenvalue weighted by Crippen LogP contribution is -2.33. The Balaban J connectivity index is 1.90. The fourth-order valence-electron chi connectivity index (χ4n) is 1.99. The standard InChI is InChI=1S/C16H17N3O2/c1-11-7-12(2)9-13(8-11)16(21)18-10-15(20)19-14-5-3-4-6-17-14/h3-9H,10H2,1-2H3,(H,18,21)(H,17,19,20). The van der Waals surface area contributed by atoms with E-state index in [0.717, 1.165) is 11.1 Å². The summed E-state index contributed by atoms with van der Waals surface area (Å²) >= 11 is 0. The lowest BCUT2D eigenvalue weighted by atomic mass is 10.1. The molecule has 0 aliphatic heterocycles. The largest absolute Gasteiger partial charge is 0.343 e. The van der Waals surface area contributed by atoms with Crippen molar-refractivity contribution in [3.8, 4) is 0 Å². The summed E-state index contributed by atoms with van der Waals surface area (Å²) in [4.78, 5) is 27.7. The maximum Gasteiger partial charge on any atom is 0.251 e. The number of anilines is 1. The fourth-order valence-corrected chi connectivity index (χ4v) is 1.99. The first kappa shape index (κ1) is 14.7. The van der Waals surface area contributed by atoms with Crippen molar-refractivity contribution in [2.75, 3.05) is 11.9 Å². The van der Waals surface area contributed by atoms with Gasteiger partial charge in [-0.15, -0.1) is 0 Å². The van der Waals surface area contributed by atoms with Crippen LogP contribution in [-0.4, -0.2) is 23.3 Å². The van der Waals surface area contributed by atoms with Crippen molar-refractivity contribution in [2.24, 2.45) is 0 Å². The van der Waals surface area contributed by atoms with Crippen LogP contribution in [0.4, 0.5) is 5.82 Å². The Morgan fingerprint density at radius 3 is 2.43 bits per heavy atom. The van der Waals surface area contributed by atoms with Crippen LogP contribution < -0.4 is 10.6 Å². The summed E-state index contributed by atoms with van der Waals surface area (Å²) in [6.45, 7) is 3.76. The van der Waals surface area contributed by atoms with Crippen LogP contribution in [0.1, 0.15) is 21.5 Å². The lowest BCUT2D eigenvalue weighted by Gasteiger charge is -2.07. The summed E-state index contributed by atoms with van der Waals surface area (Å²) in [6, 6.07) is 10.8. The number of nitrogens with zero attached hydrogens (tertiary/aromatic N) is 1. The number of aryl methyl sites for hydroxylation is 2. The molecular formula is C16H17N3O2. The Morgan fingerprint density at radius 2 is 1.81 bits per heavy atom. The number of carbonyl (C=O) groups is 2. The van der Waals surface area contributed by atoms with E-state index < -0.39 is 0 Å². The summed E-state index contributed by atoms with van der Waals surface area (Å²) in [5, 5.41) is 5.20. The molecule has 0 unspecified atom stereocenters. The maximum absolute atomic E-state index is 12.0. The van der Waals surface area contributed by atoms with Gasteiger partial charge in [-0.25, -0.2) is 4.98 Å². The van der Waals surface area contributed by atoms with Gasteiger partial charge >= 0.3 is 0 Å². The Hall–Kier alpha value is -2.69. The average molecular weight is 283 g/mol. The van der Waals surface area contributed by atoms with E-state index >= 15 is 0 Å². The fraction of sp³-hybridized carbons (Fsp3) is 0.188. The van der Waals surface area contributed by atoms with E-state index in [1.165, 1.54) is 0 Å². The second-order valence-corrected chi connectivity index (χ2v) is 4.82. The Bertz CT molecular complexity index is 634. The first-order valence-corrected chi connectivity index (χ1v) is 6.62. The molecule has 0 fully saturated rings. The van der Waals surface area contributed by atoms with Crippen LogP contribution in [0, 0.1) is 13.8 Å². The molecule has 2 aromatic rings. The minimum Gasteiger partial charge on any atom is -0.343 e. The molecule has 5 nitrogen and oxygen atoms in total. The highest BCUT2D eigenvalue weighted by Crippen LogP contribution is 2.08. The van der Waals surface area contributed by atoms with Crippen molar-refractivity contribution in [2.45, 2.75) is 13.8 Å². The normalized spacial score (nSPS) is 10.0. The molecule has 0 bridgehead atoms. The maximum atomic E-state index is 12.0. The predicted octanol–water partition coefficient (Wildman–Crippen LogP) is 2.07. The molecule has 1 heterocycles. The van der Waals surface area contributed by atoms with Crippen LogP contribution in [-0.2, 0) is 4.79 Å². The van der Waals surface area contributed by atoms with Gasteiger partial charge in [-0.05, 0) is 38.1 Å². The third-order valence-corrected chi connectivity index (χ3v) is 2.83. The van der Waals surface area contributed by atoms with Gasteiger partial charge in [0.05, 0.1) is 6.54 Å². The van der Waals surface area contributed by atoms with Gasteiger partial charge < -0.3 is 10.6 Å². The molecule has 21 heavy (non-hydrogen) atoms. The zero-order valence-corrected chi connectivity index (χ0v) is 12.0. The minimum atomic E-state index is -0.313. The monoisotopic (exact) mass is 283 g/mol. The first-order valence-electron chi connectivity index (χ1n) is 6.62. The van der Waals surface area contributed by atoms with E-state index in [9.17, 15) is 9.59 Å². The number of pyridine rings is 1. The number of amides is 2. The van der Waals surface area contributed by atoms with Crippen molar-refractivity contribution in [1.82, 2.24) is 10.3 Å². The van der Waals surface area contributed by atoms with Crippen molar-refractivity contribution in [1.29, 1.82) is 0 Å². The second-order valence-electron chi connectivity index (χ2n) is 4.82. The van der Waals surface area contributed by atoms with Crippen molar-refractivity contribution < 1.29 is 9.59 Å². The molecule has 0 aliphatic rings. The molecule has 0 spiro atoms. The van der Waals surface area contributed by atoms with Gasteiger partial charge in [0.2, 0.25) is 5.91 Å². The first-order chi connectivity index (χ1) is 10.0. The van der Waals surface area contributed by atoms with Gasteiger partial charge in [0.1, 0.15) is 5.82 Å². The summed E-state index contributed by atoms with van der Waals surface area (Å²) in [5.41, 5.74) is 2.58. The van der Waals surface area contributed by atoms with E-state index in [2.05, 4.69) is 15.6 Å². The molecule has 1 aromatic carbocycles. The van der Waals surface area contributed by atoms with Crippen LogP contribution in [0.15, 0.2) is 42.6 Å². The second kappa shape index (κ2) is 6.65. The van der Waals surface area contributed by atoms with Gasteiger partial charge in [0.25, 0.3) is 5.91 Å². The quantitative estimate of drug-likeness (QED) is 0.902. The van der Waals surface area contributed by atoms with E-state index in [1.807, 2.05) is 19.9 Å². The molecule has 0 radical (unpaired) electrons. The van der Waals surface area contributed by atoms with Crippen LogP contribution in [0.2, 0.25) is 0 Å². The molecule has 0 saturated carbocycles. The topological polar surface area (TPSA) is 71.1 Å². The number of nitrogens with one attached hydrogen (secondary N) is 2. The third kappa shape index (κ3) is 4.42.